The molecule has 0 saturated heterocycles. The molecule has 0 aromatic heterocycles. The van der Waals surface area contributed by atoms with Gasteiger partial charge in [-0.05, 0) is 36.5 Å². The molecule has 0 saturated carbocycles. The second kappa shape index (κ2) is 3.65. The molecule has 1 N–H and O–H groups in total. The van der Waals surface area contributed by atoms with Crippen LogP contribution in [0.2, 0.25) is 0 Å². The molecule has 1 nitrogen and oxygen atoms in total. The molecule has 2 rings (SSSR count). The molecule has 1 atom stereocenters. The van der Waals surface area contributed by atoms with Crippen molar-refractivity contribution in [3.63, 3.8) is 0 Å². The molecule has 1 aliphatic carbocycles. The maximum absolute atomic E-state index is 13.3. The first kappa shape index (κ1) is 9.59. The summed E-state index contributed by atoms with van der Waals surface area (Å²) >= 11 is 0. The summed E-state index contributed by atoms with van der Waals surface area (Å²) < 4.78 is 26.2. The van der Waals surface area contributed by atoms with Crippen molar-refractivity contribution in [2.24, 2.45) is 0 Å². The van der Waals surface area contributed by atoms with Crippen LogP contribution >= 0.6 is 0 Å². The second-order valence-electron chi connectivity index (χ2n) is 3.72. The molecule has 0 radical (unpaired) electrons. The summed E-state index contributed by atoms with van der Waals surface area (Å²) in [6.07, 6.45) is 2.19. The SMILES string of the molecule is O[C@H]1CCCCc2c(F)cc(F)cc21. The zero-order valence-electron chi connectivity index (χ0n) is 7.76. The van der Waals surface area contributed by atoms with Crippen molar-refractivity contribution in [1.29, 1.82) is 0 Å². The summed E-state index contributed by atoms with van der Waals surface area (Å²) in [5.41, 5.74) is 0.913. The van der Waals surface area contributed by atoms with Crippen LogP contribution in [-0.4, -0.2) is 5.11 Å². The highest BCUT2D eigenvalue weighted by atomic mass is 19.1. The standard InChI is InChI=1S/C11H12F2O/c12-7-5-9-8(10(13)6-7)3-1-2-4-11(9)14/h5-6,11,14H,1-4H2/t11-/m0/s1. The summed E-state index contributed by atoms with van der Waals surface area (Å²) in [7, 11) is 0. The normalized spacial score (nSPS) is 21.5. The van der Waals surface area contributed by atoms with E-state index in [4.69, 9.17) is 0 Å². The van der Waals surface area contributed by atoms with Crippen LogP contribution < -0.4 is 0 Å². The molecular formula is C11H12F2O. The lowest BCUT2D eigenvalue weighted by Crippen LogP contribution is -2.02. The topological polar surface area (TPSA) is 20.2 Å². The van der Waals surface area contributed by atoms with Gasteiger partial charge < -0.3 is 5.11 Å². The van der Waals surface area contributed by atoms with Gasteiger partial charge in [0.05, 0.1) is 6.10 Å². The lowest BCUT2D eigenvalue weighted by Gasteiger charge is -2.12. The molecule has 14 heavy (non-hydrogen) atoms. The summed E-state index contributed by atoms with van der Waals surface area (Å²) in [6.45, 7) is 0. The minimum atomic E-state index is -0.710. The van der Waals surface area contributed by atoms with Crippen LogP contribution in [-0.2, 0) is 6.42 Å². The number of aliphatic hydroxyl groups is 1. The average molecular weight is 198 g/mol. The first-order valence-corrected chi connectivity index (χ1v) is 4.84. The summed E-state index contributed by atoms with van der Waals surface area (Å²) in [5.74, 6) is -1.14. The smallest absolute Gasteiger partial charge is 0.129 e. The molecular weight excluding hydrogens is 186 g/mol. The molecule has 0 aliphatic heterocycles. The average Bonchev–Trinajstić information content (AvgIpc) is 2.29. The Bertz CT molecular complexity index is 349. The van der Waals surface area contributed by atoms with E-state index in [0.717, 1.165) is 18.9 Å². The fourth-order valence-electron chi connectivity index (χ4n) is 1.98. The van der Waals surface area contributed by atoms with Gasteiger partial charge >= 0.3 is 0 Å². The number of halogens is 2. The third-order valence-electron chi connectivity index (χ3n) is 2.71. The van der Waals surface area contributed by atoms with E-state index < -0.39 is 17.7 Å². The number of hydrogen-bond acceptors (Lipinski definition) is 1. The van der Waals surface area contributed by atoms with Gasteiger partial charge in [-0.25, -0.2) is 8.78 Å². The summed E-state index contributed by atoms with van der Waals surface area (Å²) in [4.78, 5) is 0. The Labute approximate surface area is 81.4 Å². The van der Waals surface area contributed by atoms with E-state index in [1.807, 2.05) is 0 Å². The van der Waals surface area contributed by atoms with E-state index >= 15 is 0 Å². The Kier molecular flexibility index (Phi) is 2.50. The number of benzene rings is 1. The van der Waals surface area contributed by atoms with Crippen LogP contribution in [0.5, 0.6) is 0 Å². The van der Waals surface area contributed by atoms with Gasteiger partial charge in [0.15, 0.2) is 0 Å². The predicted molar refractivity (Wildman–Crippen MR) is 48.9 cm³/mol. The first-order chi connectivity index (χ1) is 6.68. The zero-order valence-corrected chi connectivity index (χ0v) is 7.76. The second-order valence-corrected chi connectivity index (χ2v) is 3.72. The van der Waals surface area contributed by atoms with E-state index in [0.29, 0.717) is 24.0 Å². The van der Waals surface area contributed by atoms with Gasteiger partial charge in [0.2, 0.25) is 0 Å². The molecule has 76 valence electrons. The molecule has 0 heterocycles. The molecule has 0 fully saturated rings. The van der Waals surface area contributed by atoms with Crippen LogP contribution in [0.4, 0.5) is 8.78 Å². The maximum Gasteiger partial charge on any atom is 0.129 e. The van der Waals surface area contributed by atoms with Crippen molar-refractivity contribution >= 4 is 0 Å². The van der Waals surface area contributed by atoms with Gasteiger partial charge in [0, 0.05) is 6.07 Å². The van der Waals surface area contributed by atoms with Gasteiger partial charge in [-0.3, -0.25) is 0 Å². The van der Waals surface area contributed by atoms with Gasteiger partial charge in [0.1, 0.15) is 11.6 Å². The Morgan fingerprint density at radius 2 is 2.00 bits per heavy atom. The molecule has 0 bridgehead atoms. The predicted octanol–water partition coefficient (Wildman–Crippen LogP) is 2.72. The fraction of sp³-hybridized carbons (Fsp3) is 0.455. The Morgan fingerprint density at radius 1 is 1.21 bits per heavy atom. The van der Waals surface area contributed by atoms with E-state index in [-0.39, 0.29) is 0 Å². The van der Waals surface area contributed by atoms with Gasteiger partial charge in [-0.1, -0.05) is 6.42 Å². The van der Waals surface area contributed by atoms with Gasteiger partial charge in [-0.15, -0.1) is 0 Å². The van der Waals surface area contributed by atoms with Crippen LogP contribution in [0, 0.1) is 11.6 Å². The maximum atomic E-state index is 13.3. The van der Waals surface area contributed by atoms with Crippen LogP contribution in [0.1, 0.15) is 36.5 Å². The highest BCUT2D eigenvalue weighted by Crippen LogP contribution is 2.30. The van der Waals surface area contributed by atoms with E-state index in [1.165, 1.54) is 6.07 Å². The quantitative estimate of drug-likeness (QED) is 0.635. The van der Waals surface area contributed by atoms with Crippen molar-refractivity contribution in [1.82, 2.24) is 0 Å². The highest BCUT2D eigenvalue weighted by molar-refractivity contribution is 5.32. The minimum absolute atomic E-state index is 0.431. The highest BCUT2D eigenvalue weighted by Gasteiger charge is 2.20. The fourth-order valence-corrected chi connectivity index (χ4v) is 1.98. The number of fused-ring (bicyclic) bond motifs is 1. The van der Waals surface area contributed by atoms with Crippen molar-refractivity contribution in [3.8, 4) is 0 Å². The lowest BCUT2D eigenvalue weighted by molar-refractivity contribution is 0.166. The summed E-state index contributed by atoms with van der Waals surface area (Å²) in [5, 5.41) is 9.66. The van der Waals surface area contributed by atoms with E-state index in [1.54, 1.807) is 0 Å². The van der Waals surface area contributed by atoms with Crippen LogP contribution in [0.3, 0.4) is 0 Å². The molecule has 1 aliphatic rings. The summed E-state index contributed by atoms with van der Waals surface area (Å²) in [6, 6.07) is 2.13. The third kappa shape index (κ3) is 1.64. The van der Waals surface area contributed by atoms with Crippen LogP contribution in [0.15, 0.2) is 12.1 Å². The molecule has 1 aromatic carbocycles. The van der Waals surface area contributed by atoms with Gasteiger partial charge in [-0.2, -0.15) is 0 Å². The van der Waals surface area contributed by atoms with E-state index in [2.05, 4.69) is 0 Å². The zero-order chi connectivity index (χ0) is 10.1. The van der Waals surface area contributed by atoms with Crippen molar-refractivity contribution in [2.45, 2.75) is 31.8 Å². The largest absolute Gasteiger partial charge is 0.388 e. The lowest BCUT2D eigenvalue weighted by atomic mass is 10.0. The van der Waals surface area contributed by atoms with Crippen LogP contribution in [0.25, 0.3) is 0 Å². The van der Waals surface area contributed by atoms with Gasteiger partial charge in [0.25, 0.3) is 0 Å². The first-order valence-electron chi connectivity index (χ1n) is 4.84. The molecule has 1 aromatic rings. The van der Waals surface area contributed by atoms with Crippen molar-refractivity contribution in [2.75, 3.05) is 0 Å². The van der Waals surface area contributed by atoms with E-state index in [9.17, 15) is 13.9 Å². The third-order valence-corrected chi connectivity index (χ3v) is 2.71. The molecule has 0 spiro atoms. The Morgan fingerprint density at radius 3 is 2.79 bits per heavy atom. The Hall–Kier alpha value is -0.960. The number of aliphatic hydroxyl groups excluding tert-OH is 1. The number of rotatable bonds is 0. The molecule has 3 heteroatoms. The molecule has 0 unspecified atom stereocenters. The monoisotopic (exact) mass is 198 g/mol. The number of hydrogen-bond donors (Lipinski definition) is 1. The minimum Gasteiger partial charge on any atom is -0.388 e. The Balaban J connectivity index is 2.53. The van der Waals surface area contributed by atoms with Crippen molar-refractivity contribution < 1.29 is 13.9 Å². The van der Waals surface area contributed by atoms with Crippen molar-refractivity contribution in [3.05, 3.63) is 34.9 Å². The molecule has 0 amide bonds.